The van der Waals surface area contributed by atoms with Crippen molar-refractivity contribution in [3.63, 3.8) is 0 Å². The van der Waals surface area contributed by atoms with Crippen molar-refractivity contribution in [1.29, 1.82) is 0 Å². The molecule has 0 aliphatic rings. The van der Waals surface area contributed by atoms with Crippen molar-refractivity contribution in [2.45, 2.75) is 20.8 Å². The lowest BCUT2D eigenvalue weighted by Crippen LogP contribution is -2.34. The molecule has 0 fully saturated rings. The molecule has 0 amide bonds. The normalized spacial score (nSPS) is 10.1. The molecule has 3 N–H and O–H groups in total. The highest BCUT2D eigenvalue weighted by molar-refractivity contribution is 7.80. The first kappa shape index (κ1) is 15.5. The molecule has 0 unspecified atom stereocenters. The van der Waals surface area contributed by atoms with Crippen LogP contribution in [0.4, 0.5) is 11.6 Å². The number of hydrogen-bond donors (Lipinski definition) is 3. The molecule has 0 saturated heterocycles. The van der Waals surface area contributed by atoms with Gasteiger partial charge in [0.2, 0.25) is 5.95 Å². The first-order valence-electron chi connectivity index (χ1n) is 6.36. The number of nitrogens with zero attached hydrogens (tertiary/aromatic N) is 2. The summed E-state index contributed by atoms with van der Waals surface area (Å²) in [5.74, 6) is 0.472. The van der Waals surface area contributed by atoms with Crippen LogP contribution >= 0.6 is 23.8 Å². The minimum atomic E-state index is 0.406. The molecule has 0 radical (unpaired) electrons. The summed E-state index contributed by atoms with van der Waals surface area (Å²) in [4.78, 5) is 8.50. The van der Waals surface area contributed by atoms with Gasteiger partial charge >= 0.3 is 0 Å². The number of nitrogens with one attached hydrogen (secondary N) is 3. The molecule has 0 spiro atoms. The zero-order valence-electron chi connectivity index (χ0n) is 12.0. The van der Waals surface area contributed by atoms with E-state index >= 15 is 0 Å². The zero-order valence-corrected chi connectivity index (χ0v) is 13.6. The van der Waals surface area contributed by atoms with Gasteiger partial charge in [-0.25, -0.2) is 9.97 Å². The molecule has 0 atom stereocenters. The van der Waals surface area contributed by atoms with Gasteiger partial charge in [-0.05, 0) is 56.8 Å². The number of benzene rings is 1. The van der Waals surface area contributed by atoms with Crippen LogP contribution in [0.15, 0.2) is 24.3 Å². The number of hydrazine groups is 1. The van der Waals surface area contributed by atoms with E-state index in [0.717, 1.165) is 22.6 Å². The average Bonchev–Trinajstić information content (AvgIpc) is 2.41. The van der Waals surface area contributed by atoms with E-state index in [1.807, 2.05) is 45.0 Å². The van der Waals surface area contributed by atoms with Crippen molar-refractivity contribution in [1.82, 2.24) is 15.4 Å². The van der Waals surface area contributed by atoms with Crippen molar-refractivity contribution < 1.29 is 0 Å². The first-order chi connectivity index (χ1) is 9.95. The van der Waals surface area contributed by atoms with E-state index in [1.165, 1.54) is 0 Å². The van der Waals surface area contributed by atoms with Gasteiger partial charge in [0.1, 0.15) is 0 Å². The van der Waals surface area contributed by atoms with E-state index < -0.39 is 0 Å². The fourth-order valence-electron chi connectivity index (χ4n) is 1.79. The number of anilines is 2. The molecule has 1 aromatic carbocycles. The van der Waals surface area contributed by atoms with Gasteiger partial charge in [-0.3, -0.25) is 10.9 Å². The number of aromatic nitrogens is 2. The lowest BCUT2D eigenvalue weighted by Gasteiger charge is -2.14. The van der Waals surface area contributed by atoms with E-state index in [-0.39, 0.29) is 0 Å². The van der Waals surface area contributed by atoms with Gasteiger partial charge in [0.25, 0.3) is 0 Å². The maximum Gasteiger partial charge on any atom is 0.242 e. The second-order valence-electron chi connectivity index (χ2n) is 4.59. The summed E-state index contributed by atoms with van der Waals surface area (Å²) >= 11 is 11.3. The summed E-state index contributed by atoms with van der Waals surface area (Å²) < 4.78 is 0. The van der Waals surface area contributed by atoms with Crippen LogP contribution in [0.1, 0.15) is 17.0 Å². The molecule has 0 bridgehead atoms. The Morgan fingerprint density at radius 2 is 1.81 bits per heavy atom. The van der Waals surface area contributed by atoms with Crippen LogP contribution in [0.25, 0.3) is 0 Å². The molecule has 2 aromatic rings. The van der Waals surface area contributed by atoms with Crippen molar-refractivity contribution in [3.05, 3.63) is 46.2 Å². The van der Waals surface area contributed by atoms with Gasteiger partial charge in [0.05, 0.1) is 0 Å². The Balaban J connectivity index is 1.97. The largest absolute Gasteiger partial charge is 0.331 e. The summed E-state index contributed by atoms with van der Waals surface area (Å²) in [6, 6.07) is 7.50. The van der Waals surface area contributed by atoms with Gasteiger partial charge < -0.3 is 5.32 Å². The third-order valence-corrected chi connectivity index (χ3v) is 3.40. The highest BCUT2D eigenvalue weighted by Crippen LogP contribution is 2.22. The second kappa shape index (κ2) is 6.69. The second-order valence-corrected chi connectivity index (χ2v) is 5.41. The Labute approximate surface area is 134 Å². The van der Waals surface area contributed by atoms with Gasteiger partial charge in [-0.2, -0.15) is 0 Å². The summed E-state index contributed by atoms with van der Waals surface area (Å²) in [5, 5.41) is 4.16. The number of rotatable bonds is 3. The summed E-state index contributed by atoms with van der Waals surface area (Å²) in [6.07, 6.45) is 0. The molecule has 21 heavy (non-hydrogen) atoms. The average molecular weight is 322 g/mol. The Hall–Kier alpha value is -1.92. The maximum absolute atomic E-state index is 6.07. The van der Waals surface area contributed by atoms with Crippen LogP contribution < -0.4 is 16.2 Å². The predicted molar refractivity (Wildman–Crippen MR) is 90.7 cm³/mol. The predicted octanol–water partition coefficient (Wildman–Crippen LogP) is 3.37. The quantitative estimate of drug-likeness (QED) is 0.595. The zero-order chi connectivity index (χ0) is 15.4. The summed E-state index contributed by atoms with van der Waals surface area (Å²) in [6.45, 7) is 5.74. The molecule has 0 aliphatic carbocycles. The van der Waals surface area contributed by atoms with Crippen LogP contribution in [0.2, 0.25) is 5.02 Å². The van der Waals surface area contributed by atoms with Crippen LogP contribution in [0, 0.1) is 20.8 Å². The van der Waals surface area contributed by atoms with E-state index in [0.29, 0.717) is 16.1 Å². The minimum Gasteiger partial charge on any atom is -0.331 e. The highest BCUT2D eigenvalue weighted by atomic mass is 35.5. The van der Waals surface area contributed by atoms with Crippen LogP contribution in [-0.2, 0) is 0 Å². The smallest absolute Gasteiger partial charge is 0.242 e. The fourth-order valence-corrected chi connectivity index (χ4v) is 2.13. The summed E-state index contributed by atoms with van der Waals surface area (Å²) in [5.41, 5.74) is 9.28. The topological polar surface area (TPSA) is 61.9 Å². The highest BCUT2D eigenvalue weighted by Gasteiger charge is 2.04. The Morgan fingerprint density at radius 3 is 2.48 bits per heavy atom. The Morgan fingerprint density at radius 1 is 1.14 bits per heavy atom. The monoisotopic (exact) mass is 321 g/mol. The molecular formula is C14H16ClN5S. The number of hydrogen-bond acceptors (Lipinski definition) is 4. The lowest BCUT2D eigenvalue weighted by atomic mass is 10.2. The molecule has 7 heteroatoms. The molecule has 1 heterocycles. The van der Waals surface area contributed by atoms with E-state index in [1.54, 1.807) is 0 Å². The van der Waals surface area contributed by atoms with Crippen molar-refractivity contribution in [2.75, 3.05) is 10.7 Å². The van der Waals surface area contributed by atoms with Crippen molar-refractivity contribution in [2.24, 2.45) is 0 Å². The van der Waals surface area contributed by atoms with Gasteiger partial charge in [0.15, 0.2) is 5.11 Å². The van der Waals surface area contributed by atoms with E-state index in [9.17, 15) is 0 Å². The lowest BCUT2D eigenvalue weighted by molar-refractivity contribution is 0.991. The van der Waals surface area contributed by atoms with Gasteiger partial charge in [0, 0.05) is 22.1 Å². The molecule has 0 saturated carbocycles. The molecule has 2 rings (SSSR count). The minimum absolute atomic E-state index is 0.406. The number of halogens is 1. The molecule has 1 aromatic heterocycles. The Bertz CT molecular complexity index is 654. The molecule has 110 valence electrons. The molecule has 5 nitrogen and oxygen atoms in total. The van der Waals surface area contributed by atoms with E-state index in [2.05, 4.69) is 26.1 Å². The SMILES string of the molecule is Cc1cc(C)nc(NNC(=S)Nc2cccc(Cl)c2C)n1. The molecule has 0 aliphatic heterocycles. The maximum atomic E-state index is 6.07. The van der Waals surface area contributed by atoms with Crippen molar-refractivity contribution >= 4 is 40.6 Å². The van der Waals surface area contributed by atoms with Crippen LogP contribution in [0.5, 0.6) is 0 Å². The summed E-state index contributed by atoms with van der Waals surface area (Å²) in [7, 11) is 0. The molecular weight excluding hydrogens is 306 g/mol. The first-order valence-corrected chi connectivity index (χ1v) is 7.15. The van der Waals surface area contributed by atoms with Crippen LogP contribution in [-0.4, -0.2) is 15.1 Å². The third kappa shape index (κ3) is 4.27. The third-order valence-electron chi connectivity index (χ3n) is 2.79. The van der Waals surface area contributed by atoms with Gasteiger partial charge in [-0.15, -0.1) is 0 Å². The number of aryl methyl sites for hydroxylation is 2. The van der Waals surface area contributed by atoms with Crippen molar-refractivity contribution in [3.8, 4) is 0 Å². The fraction of sp³-hybridized carbons (Fsp3) is 0.214. The Kier molecular flexibility index (Phi) is 4.93. The van der Waals surface area contributed by atoms with Gasteiger partial charge in [-0.1, -0.05) is 17.7 Å². The van der Waals surface area contributed by atoms with E-state index in [4.69, 9.17) is 23.8 Å². The van der Waals surface area contributed by atoms with Crippen LogP contribution in [0.3, 0.4) is 0 Å². The standard InChI is InChI=1S/C14H16ClN5S/c1-8-7-9(2)17-13(16-8)19-20-14(21)18-12-6-4-5-11(15)10(12)3/h4-7H,1-3H3,(H,16,17,19)(H2,18,20,21). The number of thiocarbonyl (C=S) groups is 1.